The molecule has 96 valence electrons. The highest BCUT2D eigenvalue weighted by Gasteiger charge is 2.14. The lowest BCUT2D eigenvalue weighted by Gasteiger charge is -2.07. The van der Waals surface area contributed by atoms with Gasteiger partial charge >= 0.3 is 0 Å². The number of rotatable bonds is 2. The van der Waals surface area contributed by atoms with Gasteiger partial charge in [-0.15, -0.1) is 0 Å². The van der Waals surface area contributed by atoms with Crippen LogP contribution in [-0.4, -0.2) is 14.5 Å². The van der Waals surface area contributed by atoms with Crippen molar-refractivity contribution in [2.24, 2.45) is 0 Å². The molecule has 0 fully saturated rings. The van der Waals surface area contributed by atoms with Crippen LogP contribution in [0, 0.1) is 5.82 Å². The van der Waals surface area contributed by atoms with Crippen molar-refractivity contribution in [2.45, 2.75) is 13.5 Å². The second-order valence-electron chi connectivity index (χ2n) is 4.25. The van der Waals surface area contributed by atoms with Crippen LogP contribution in [0.25, 0.3) is 22.6 Å². The van der Waals surface area contributed by atoms with Gasteiger partial charge in [-0.2, -0.15) is 0 Å². The predicted octanol–water partition coefficient (Wildman–Crippen LogP) is 2.84. The predicted molar refractivity (Wildman–Crippen MR) is 73.0 cm³/mol. The summed E-state index contributed by atoms with van der Waals surface area (Å²) < 4.78 is 15.3. The molecule has 19 heavy (non-hydrogen) atoms. The molecular formula is C14H13FN4. The molecule has 0 saturated heterocycles. The van der Waals surface area contributed by atoms with Gasteiger partial charge in [-0.25, -0.2) is 9.37 Å². The van der Waals surface area contributed by atoms with Gasteiger partial charge in [0, 0.05) is 18.8 Å². The minimum atomic E-state index is -0.297. The maximum Gasteiger partial charge on any atom is 0.161 e. The Bertz CT molecular complexity index is 748. The Morgan fingerprint density at radius 2 is 2.16 bits per heavy atom. The summed E-state index contributed by atoms with van der Waals surface area (Å²) in [6.07, 6.45) is 1.67. The van der Waals surface area contributed by atoms with Crippen LogP contribution in [0.15, 0.2) is 36.5 Å². The molecule has 0 amide bonds. The SMILES string of the molecule is CCn1c(-c2ncccc2N)nc2cc(F)ccc21. The number of pyridine rings is 1. The van der Waals surface area contributed by atoms with Crippen LogP contribution in [0.1, 0.15) is 6.92 Å². The van der Waals surface area contributed by atoms with Gasteiger partial charge in [0.2, 0.25) is 0 Å². The average Bonchev–Trinajstić information content (AvgIpc) is 2.76. The highest BCUT2D eigenvalue weighted by molar-refractivity contribution is 5.82. The summed E-state index contributed by atoms with van der Waals surface area (Å²) in [6, 6.07) is 8.13. The summed E-state index contributed by atoms with van der Waals surface area (Å²) in [5.41, 5.74) is 8.62. The van der Waals surface area contributed by atoms with Gasteiger partial charge < -0.3 is 10.3 Å². The van der Waals surface area contributed by atoms with Gasteiger partial charge in [-0.05, 0) is 31.2 Å². The lowest BCUT2D eigenvalue weighted by molar-refractivity contribution is 0.629. The van der Waals surface area contributed by atoms with Crippen LogP contribution < -0.4 is 5.73 Å². The summed E-state index contributed by atoms with van der Waals surface area (Å²) >= 11 is 0. The van der Waals surface area contributed by atoms with Gasteiger partial charge in [0.1, 0.15) is 11.5 Å². The van der Waals surface area contributed by atoms with Crippen LogP contribution >= 0.6 is 0 Å². The Balaban J connectivity index is 2.32. The second kappa shape index (κ2) is 4.35. The lowest BCUT2D eigenvalue weighted by Crippen LogP contribution is -2.01. The van der Waals surface area contributed by atoms with Crippen molar-refractivity contribution >= 4 is 16.7 Å². The molecule has 1 aromatic carbocycles. The lowest BCUT2D eigenvalue weighted by atomic mass is 10.3. The minimum absolute atomic E-state index is 0.297. The summed E-state index contributed by atoms with van der Waals surface area (Å²) in [5, 5.41) is 0. The molecule has 4 nitrogen and oxygen atoms in total. The first-order chi connectivity index (χ1) is 9.20. The Labute approximate surface area is 109 Å². The molecule has 0 spiro atoms. The van der Waals surface area contributed by atoms with E-state index in [1.807, 2.05) is 11.5 Å². The van der Waals surface area contributed by atoms with Crippen molar-refractivity contribution in [1.82, 2.24) is 14.5 Å². The number of aryl methyl sites for hydroxylation is 1. The Hall–Kier alpha value is -2.43. The van der Waals surface area contributed by atoms with Crippen molar-refractivity contribution in [1.29, 1.82) is 0 Å². The number of hydrogen-bond acceptors (Lipinski definition) is 3. The summed E-state index contributed by atoms with van der Waals surface area (Å²) in [7, 11) is 0. The van der Waals surface area contributed by atoms with Crippen LogP contribution in [0.5, 0.6) is 0 Å². The van der Waals surface area contributed by atoms with E-state index in [0.717, 1.165) is 5.52 Å². The van der Waals surface area contributed by atoms with E-state index in [0.29, 0.717) is 29.3 Å². The standard InChI is InChI=1S/C14H13FN4/c1-2-19-12-6-5-9(15)8-11(12)18-14(19)13-10(16)4-3-7-17-13/h3-8H,2,16H2,1H3. The molecule has 0 aliphatic carbocycles. The molecule has 0 saturated carbocycles. The number of halogens is 1. The summed E-state index contributed by atoms with van der Waals surface area (Å²) in [6.45, 7) is 2.72. The van der Waals surface area contributed by atoms with Crippen molar-refractivity contribution in [2.75, 3.05) is 5.73 Å². The molecule has 2 N–H and O–H groups in total. The number of aromatic nitrogens is 3. The fraction of sp³-hybridized carbons (Fsp3) is 0.143. The number of anilines is 1. The molecule has 0 aliphatic rings. The first kappa shape index (κ1) is 11.6. The van der Waals surface area contributed by atoms with E-state index in [4.69, 9.17) is 5.73 Å². The third-order valence-corrected chi connectivity index (χ3v) is 3.08. The van der Waals surface area contributed by atoms with Crippen LogP contribution in [0.4, 0.5) is 10.1 Å². The van der Waals surface area contributed by atoms with Gasteiger partial charge in [0.15, 0.2) is 5.82 Å². The number of nitrogens with two attached hydrogens (primary N) is 1. The summed E-state index contributed by atoms with van der Waals surface area (Å²) in [5.74, 6) is 0.370. The smallest absolute Gasteiger partial charge is 0.161 e. The molecule has 3 aromatic rings. The zero-order valence-electron chi connectivity index (χ0n) is 10.5. The minimum Gasteiger partial charge on any atom is -0.397 e. The van der Waals surface area contributed by atoms with Crippen molar-refractivity contribution in [3.8, 4) is 11.5 Å². The average molecular weight is 256 g/mol. The number of benzene rings is 1. The van der Waals surface area contributed by atoms with Crippen LogP contribution in [0.3, 0.4) is 0 Å². The van der Waals surface area contributed by atoms with Crippen molar-refractivity contribution < 1.29 is 4.39 Å². The van der Waals surface area contributed by atoms with Gasteiger partial charge in [-0.1, -0.05) is 0 Å². The molecule has 0 radical (unpaired) electrons. The van der Waals surface area contributed by atoms with E-state index in [-0.39, 0.29) is 5.82 Å². The largest absolute Gasteiger partial charge is 0.397 e. The third-order valence-electron chi connectivity index (χ3n) is 3.08. The van der Waals surface area contributed by atoms with Gasteiger partial charge in [-0.3, -0.25) is 4.98 Å². The number of nitrogen functional groups attached to an aromatic ring is 1. The van der Waals surface area contributed by atoms with Crippen molar-refractivity contribution in [3.05, 3.63) is 42.3 Å². The normalized spacial score (nSPS) is 11.1. The van der Waals surface area contributed by atoms with E-state index >= 15 is 0 Å². The molecule has 5 heteroatoms. The molecule has 2 aromatic heterocycles. The molecular weight excluding hydrogens is 243 g/mol. The van der Waals surface area contributed by atoms with Crippen molar-refractivity contribution in [3.63, 3.8) is 0 Å². The quantitative estimate of drug-likeness (QED) is 0.767. The molecule has 0 atom stereocenters. The Kier molecular flexibility index (Phi) is 2.67. The van der Waals surface area contributed by atoms with E-state index in [2.05, 4.69) is 9.97 Å². The first-order valence-corrected chi connectivity index (χ1v) is 6.07. The Morgan fingerprint density at radius 1 is 1.32 bits per heavy atom. The van der Waals surface area contributed by atoms with Gasteiger partial charge in [0.05, 0.1) is 16.7 Å². The number of fused-ring (bicyclic) bond motifs is 1. The number of hydrogen-bond donors (Lipinski definition) is 1. The maximum absolute atomic E-state index is 13.3. The van der Waals surface area contributed by atoms with Crippen LogP contribution in [-0.2, 0) is 6.54 Å². The van der Waals surface area contributed by atoms with E-state index in [9.17, 15) is 4.39 Å². The fourth-order valence-corrected chi connectivity index (χ4v) is 2.21. The van der Waals surface area contributed by atoms with E-state index in [1.165, 1.54) is 12.1 Å². The first-order valence-electron chi connectivity index (χ1n) is 6.07. The zero-order chi connectivity index (χ0) is 13.4. The highest BCUT2D eigenvalue weighted by atomic mass is 19.1. The fourth-order valence-electron chi connectivity index (χ4n) is 2.21. The second-order valence-corrected chi connectivity index (χ2v) is 4.25. The topological polar surface area (TPSA) is 56.7 Å². The number of nitrogens with zero attached hydrogens (tertiary/aromatic N) is 3. The van der Waals surface area contributed by atoms with Gasteiger partial charge in [0.25, 0.3) is 0 Å². The zero-order valence-corrected chi connectivity index (χ0v) is 10.5. The molecule has 0 unspecified atom stereocenters. The third kappa shape index (κ3) is 1.83. The summed E-state index contributed by atoms with van der Waals surface area (Å²) in [4.78, 5) is 8.73. The maximum atomic E-state index is 13.3. The molecule has 0 bridgehead atoms. The van der Waals surface area contributed by atoms with Crippen LogP contribution in [0.2, 0.25) is 0 Å². The molecule has 3 rings (SSSR count). The Morgan fingerprint density at radius 3 is 2.89 bits per heavy atom. The highest BCUT2D eigenvalue weighted by Crippen LogP contribution is 2.27. The molecule has 2 heterocycles. The van der Waals surface area contributed by atoms with E-state index in [1.54, 1.807) is 24.4 Å². The monoisotopic (exact) mass is 256 g/mol. The number of imidazole rings is 1. The van der Waals surface area contributed by atoms with E-state index < -0.39 is 0 Å². The molecule has 0 aliphatic heterocycles.